The lowest BCUT2D eigenvalue weighted by molar-refractivity contribution is -0.131. The van der Waals surface area contributed by atoms with Gasteiger partial charge in [-0.3, -0.25) is 14.2 Å². The van der Waals surface area contributed by atoms with E-state index in [-0.39, 0.29) is 18.0 Å². The first kappa shape index (κ1) is 19.4. The Balaban J connectivity index is 1.54. The Hall–Kier alpha value is -2.96. The Morgan fingerprint density at radius 1 is 1.21 bits per heavy atom. The third-order valence-electron chi connectivity index (χ3n) is 5.89. The summed E-state index contributed by atoms with van der Waals surface area (Å²) in [4.78, 5) is 31.8. The zero-order chi connectivity index (χ0) is 20.4. The van der Waals surface area contributed by atoms with Crippen LogP contribution in [0.1, 0.15) is 37.7 Å². The lowest BCUT2D eigenvalue weighted by Gasteiger charge is -2.27. The van der Waals surface area contributed by atoms with Crippen molar-refractivity contribution in [1.82, 2.24) is 24.2 Å². The van der Waals surface area contributed by atoms with Crippen LogP contribution in [0, 0.1) is 12.8 Å². The van der Waals surface area contributed by atoms with Crippen molar-refractivity contribution in [2.75, 3.05) is 13.6 Å². The SMILES string of the molecule is Cc1ccccc1-n1ncc2c(=O)n(CC(=O)N(C)CC3CCCCC3)cnc21. The fraction of sp³-hybridized carbons (Fsp3) is 0.455. The molecule has 1 aliphatic rings. The molecule has 3 aromatic rings. The minimum atomic E-state index is -0.241. The highest BCUT2D eigenvalue weighted by atomic mass is 16.2. The monoisotopic (exact) mass is 393 g/mol. The summed E-state index contributed by atoms with van der Waals surface area (Å²) in [5.74, 6) is 0.507. The summed E-state index contributed by atoms with van der Waals surface area (Å²) in [6.45, 7) is 2.75. The van der Waals surface area contributed by atoms with Gasteiger partial charge in [0.25, 0.3) is 5.56 Å². The molecule has 0 aliphatic heterocycles. The molecule has 1 fully saturated rings. The minimum Gasteiger partial charge on any atom is -0.344 e. The van der Waals surface area contributed by atoms with Gasteiger partial charge in [-0.2, -0.15) is 5.10 Å². The number of amides is 1. The highest BCUT2D eigenvalue weighted by molar-refractivity contribution is 5.78. The van der Waals surface area contributed by atoms with E-state index in [1.165, 1.54) is 49.2 Å². The van der Waals surface area contributed by atoms with E-state index in [2.05, 4.69) is 10.1 Å². The van der Waals surface area contributed by atoms with Gasteiger partial charge in [-0.05, 0) is 37.3 Å². The van der Waals surface area contributed by atoms with E-state index < -0.39 is 0 Å². The second-order valence-corrected chi connectivity index (χ2v) is 8.04. The maximum Gasteiger partial charge on any atom is 0.264 e. The second kappa shape index (κ2) is 8.19. The van der Waals surface area contributed by atoms with Crippen LogP contribution >= 0.6 is 0 Å². The predicted octanol–water partition coefficient (Wildman–Crippen LogP) is 2.93. The van der Waals surface area contributed by atoms with Gasteiger partial charge < -0.3 is 4.90 Å². The average Bonchev–Trinajstić information content (AvgIpc) is 3.16. The zero-order valence-corrected chi connectivity index (χ0v) is 17.0. The number of benzene rings is 1. The van der Waals surface area contributed by atoms with Crippen LogP contribution in [0.2, 0.25) is 0 Å². The molecular formula is C22H27N5O2. The van der Waals surface area contributed by atoms with E-state index in [1.54, 1.807) is 9.58 Å². The smallest absolute Gasteiger partial charge is 0.264 e. The Labute approximate surface area is 170 Å². The predicted molar refractivity (Wildman–Crippen MR) is 112 cm³/mol. The Morgan fingerprint density at radius 2 is 1.97 bits per heavy atom. The number of fused-ring (bicyclic) bond motifs is 1. The number of para-hydroxylation sites is 1. The van der Waals surface area contributed by atoms with Crippen molar-refractivity contribution >= 4 is 16.9 Å². The van der Waals surface area contributed by atoms with E-state index >= 15 is 0 Å². The molecule has 0 atom stereocenters. The molecular weight excluding hydrogens is 366 g/mol. The van der Waals surface area contributed by atoms with E-state index in [4.69, 9.17) is 0 Å². The van der Waals surface area contributed by atoms with Gasteiger partial charge in [-0.1, -0.05) is 37.5 Å². The van der Waals surface area contributed by atoms with Gasteiger partial charge in [-0.15, -0.1) is 0 Å². The summed E-state index contributed by atoms with van der Waals surface area (Å²) < 4.78 is 3.05. The molecule has 0 bridgehead atoms. The van der Waals surface area contributed by atoms with E-state index in [0.29, 0.717) is 17.0 Å². The van der Waals surface area contributed by atoms with Crippen LogP contribution in [0.5, 0.6) is 0 Å². The number of aryl methyl sites for hydroxylation is 1. The van der Waals surface area contributed by atoms with Crippen molar-refractivity contribution in [2.45, 2.75) is 45.6 Å². The normalized spacial score (nSPS) is 15.0. The van der Waals surface area contributed by atoms with Gasteiger partial charge in [0.05, 0.1) is 11.9 Å². The molecule has 2 aromatic heterocycles. The van der Waals surface area contributed by atoms with Crippen molar-refractivity contribution in [3.63, 3.8) is 0 Å². The molecule has 0 unspecified atom stereocenters. The number of likely N-dealkylation sites (N-methyl/N-ethyl adjacent to an activating group) is 1. The van der Waals surface area contributed by atoms with Crippen LogP contribution in [0.15, 0.2) is 41.6 Å². The van der Waals surface area contributed by atoms with Gasteiger partial charge in [0.2, 0.25) is 5.91 Å². The van der Waals surface area contributed by atoms with Gasteiger partial charge in [0, 0.05) is 13.6 Å². The number of nitrogens with zero attached hydrogens (tertiary/aromatic N) is 5. The van der Waals surface area contributed by atoms with Crippen LogP contribution in [0.4, 0.5) is 0 Å². The molecule has 1 amide bonds. The van der Waals surface area contributed by atoms with Gasteiger partial charge >= 0.3 is 0 Å². The molecule has 29 heavy (non-hydrogen) atoms. The van der Waals surface area contributed by atoms with Crippen LogP contribution < -0.4 is 5.56 Å². The standard InChI is InChI=1S/C22H27N5O2/c1-16-8-6-7-11-19(16)27-21-18(12-24-27)22(29)26(15-23-21)14-20(28)25(2)13-17-9-4-3-5-10-17/h6-8,11-12,15,17H,3-5,9-10,13-14H2,1-2H3. The molecule has 4 rings (SSSR count). The molecule has 152 valence electrons. The molecule has 1 saturated carbocycles. The topological polar surface area (TPSA) is 73.0 Å². The number of rotatable bonds is 5. The van der Waals surface area contributed by atoms with Crippen molar-refractivity contribution in [3.8, 4) is 5.69 Å². The third-order valence-corrected chi connectivity index (χ3v) is 5.89. The molecule has 7 heteroatoms. The molecule has 0 spiro atoms. The van der Waals surface area contributed by atoms with Crippen molar-refractivity contribution in [3.05, 3.63) is 52.7 Å². The third kappa shape index (κ3) is 3.95. The number of carbonyl (C=O) groups excluding carboxylic acids is 1. The maximum absolute atomic E-state index is 12.9. The van der Waals surface area contributed by atoms with E-state index in [0.717, 1.165) is 17.8 Å². The Morgan fingerprint density at radius 3 is 2.72 bits per heavy atom. The molecule has 7 nitrogen and oxygen atoms in total. The first-order valence-corrected chi connectivity index (χ1v) is 10.3. The van der Waals surface area contributed by atoms with Crippen LogP contribution in [-0.2, 0) is 11.3 Å². The summed E-state index contributed by atoms with van der Waals surface area (Å²) in [6.07, 6.45) is 9.14. The number of hydrogen-bond acceptors (Lipinski definition) is 4. The molecule has 1 aromatic carbocycles. The quantitative estimate of drug-likeness (QED) is 0.668. The average molecular weight is 393 g/mol. The second-order valence-electron chi connectivity index (χ2n) is 8.04. The number of hydrogen-bond donors (Lipinski definition) is 0. The molecule has 2 heterocycles. The summed E-state index contributed by atoms with van der Waals surface area (Å²) in [6, 6.07) is 7.82. The zero-order valence-electron chi connectivity index (χ0n) is 17.0. The van der Waals surface area contributed by atoms with Crippen molar-refractivity contribution < 1.29 is 4.79 Å². The Bertz CT molecular complexity index is 1080. The molecule has 0 saturated heterocycles. The first-order chi connectivity index (χ1) is 14.0. The lowest BCUT2D eigenvalue weighted by Crippen LogP contribution is -2.37. The summed E-state index contributed by atoms with van der Waals surface area (Å²) >= 11 is 0. The maximum atomic E-state index is 12.9. The molecule has 1 aliphatic carbocycles. The Kier molecular flexibility index (Phi) is 5.47. The van der Waals surface area contributed by atoms with Gasteiger partial charge in [0.1, 0.15) is 18.3 Å². The van der Waals surface area contributed by atoms with Gasteiger partial charge in [-0.25, -0.2) is 9.67 Å². The molecule has 0 N–H and O–H groups in total. The lowest BCUT2D eigenvalue weighted by atomic mass is 9.89. The number of carbonyl (C=O) groups is 1. The van der Waals surface area contributed by atoms with Gasteiger partial charge in [0.15, 0.2) is 5.65 Å². The van der Waals surface area contributed by atoms with E-state index in [9.17, 15) is 9.59 Å². The summed E-state index contributed by atoms with van der Waals surface area (Å²) in [5, 5.41) is 4.78. The van der Waals surface area contributed by atoms with Crippen molar-refractivity contribution in [1.29, 1.82) is 0 Å². The fourth-order valence-electron chi connectivity index (χ4n) is 4.16. The molecule has 0 radical (unpaired) electrons. The fourth-order valence-corrected chi connectivity index (χ4v) is 4.16. The largest absolute Gasteiger partial charge is 0.344 e. The highest BCUT2D eigenvalue weighted by Gasteiger charge is 2.20. The van der Waals surface area contributed by atoms with Crippen LogP contribution in [0.25, 0.3) is 16.7 Å². The van der Waals surface area contributed by atoms with Crippen LogP contribution in [-0.4, -0.2) is 43.7 Å². The summed E-state index contributed by atoms with van der Waals surface area (Å²) in [7, 11) is 1.82. The number of aromatic nitrogens is 4. The highest BCUT2D eigenvalue weighted by Crippen LogP contribution is 2.24. The van der Waals surface area contributed by atoms with Crippen molar-refractivity contribution in [2.24, 2.45) is 5.92 Å². The summed E-state index contributed by atoms with van der Waals surface area (Å²) in [5.41, 5.74) is 2.19. The van der Waals surface area contributed by atoms with Crippen LogP contribution in [0.3, 0.4) is 0 Å². The first-order valence-electron chi connectivity index (χ1n) is 10.3. The van der Waals surface area contributed by atoms with E-state index in [1.807, 2.05) is 38.2 Å². The minimum absolute atomic E-state index is 0.000534.